The Bertz CT molecular complexity index is 356. The summed E-state index contributed by atoms with van der Waals surface area (Å²) in [5, 5.41) is 8.24. The molecule has 0 aliphatic rings. The minimum absolute atomic E-state index is 0.00937. The van der Waals surface area contributed by atoms with Crippen LogP contribution < -0.4 is 0 Å². The second-order valence-corrected chi connectivity index (χ2v) is 4.48. The van der Waals surface area contributed by atoms with E-state index in [4.69, 9.17) is 5.11 Å². The van der Waals surface area contributed by atoms with Crippen LogP contribution in [0.5, 0.6) is 0 Å². The van der Waals surface area contributed by atoms with E-state index in [-0.39, 0.29) is 6.61 Å². The van der Waals surface area contributed by atoms with E-state index >= 15 is 0 Å². The Labute approximate surface area is 104 Å². The van der Waals surface area contributed by atoms with Gasteiger partial charge in [-0.15, -0.1) is 0 Å². The van der Waals surface area contributed by atoms with Gasteiger partial charge in [0.05, 0.1) is 21.1 Å². The second kappa shape index (κ2) is 6.70. The summed E-state index contributed by atoms with van der Waals surface area (Å²) in [6.07, 6.45) is -0.988. The highest BCUT2D eigenvalue weighted by Gasteiger charge is 2.23. The molecule has 0 amide bonds. The number of esters is 3. The number of hydrogen-bond donors (Lipinski definition) is 1. The van der Waals surface area contributed by atoms with Crippen molar-refractivity contribution in [2.24, 2.45) is 0 Å². The van der Waals surface area contributed by atoms with Crippen molar-refractivity contribution in [3.8, 4) is 0 Å². The summed E-state index contributed by atoms with van der Waals surface area (Å²) in [5.74, 6) is -5.59. The Morgan fingerprint density at radius 2 is 1.61 bits per heavy atom. The molecule has 8 nitrogen and oxygen atoms in total. The van der Waals surface area contributed by atoms with E-state index in [1.165, 1.54) is 0 Å². The lowest BCUT2D eigenvalue weighted by Crippen LogP contribution is -2.38. The normalized spacial score (nSPS) is 10.6. The minimum Gasteiger partial charge on any atom is -0.481 e. The van der Waals surface area contributed by atoms with Crippen LogP contribution in [0.15, 0.2) is 0 Å². The smallest absolute Gasteiger partial charge is 0.425 e. The first-order valence-electron chi connectivity index (χ1n) is 5.06. The summed E-state index contributed by atoms with van der Waals surface area (Å²) in [4.78, 5) is 42.9. The first-order valence-corrected chi connectivity index (χ1v) is 5.06. The van der Waals surface area contributed by atoms with Crippen LogP contribution in [0.3, 0.4) is 0 Å². The van der Waals surface area contributed by atoms with Gasteiger partial charge in [0.15, 0.2) is 0 Å². The number of carboxylic acid groups (broad SMARTS) is 1. The quantitative estimate of drug-likeness (QED) is 0.286. The molecule has 0 aromatic carbocycles. The number of carbonyl (C=O) groups excluding carboxylic acids is 3. The van der Waals surface area contributed by atoms with Gasteiger partial charge >= 0.3 is 23.9 Å². The minimum atomic E-state index is -1.51. The lowest BCUT2D eigenvalue weighted by Gasteiger charge is -2.23. The van der Waals surface area contributed by atoms with Gasteiger partial charge in [-0.3, -0.25) is 9.59 Å². The molecule has 0 saturated heterocycles. The van der Waals surface area contributed by atoms with Gasteiger partial charge in [0.1, 0.15) is 19.6 Å². The fraction of sp³-hybridized carbons (Fsp3) is 0.600. The van der Waals surface area contributed by atoms with Crippen molar-refractivity contribution in [1.29, 1.82) is 0 Å². The van der Waals surface area contributed by atoms with E-state index in [0.29, 0.717) is 11.0 Å². The zero-order chi connectivity index (χ0) is 14.3. The molecule has 0 aliphatic heterocycles. The number of aliphatic carboxylic acids is 1. The van der Waals surface area contributed by atoms with Crippen molar-refractivity contribution < 1.29 is 38.2 Å². The maximum Gasteiger partial charge on any atom is 0.425 e. The van der Waals surface area contributed by atoms with Gasteiger partial charge in [-0.25, -0.2) is 9.59 Å². The molecule has 0 bridgehead atoms. The fourth-order valence-electron chi connectivity index (χ4n) is 0.776. The van der Waals surface area contributed by atoms with Crippen molar-refractivity contribution in [3.05, 3.63) is 0 Å². The molecule has 0 rings (SSSR count). The van der Waals surface area contributed by atoms with E-state index in [9.17, 15) is 19.2 Å². The predicted octanol–water partition coefficient (Wildman–Crippen LogP) is -1.22. The molecule has 0 saturated carbocycles. The first-order chi connectivity index (χ1) is 8.11. The molecule has 0 fully saturated rings. The maximum absolute atomic E-state index is 11.0. The molecule has 0 radical (unpaired) electrons. The average molecular weight is 262 g/mol. The summed E-state index contributed by atoms with van der Waals surface area (Å²) >= 11 is 0. The number of carboxylic acids is 1. The van der Waals surface area contributed by atoms with Crippen molar-refractivity contribution in [3.63, 3.8) is 0 Å². The van der Waals surface area contributed by atoms with Gasteiger partial charge in [0.25, 0.3) is 0 Å². The molecular formula is C10H16NO7+. The number of quaternary nitrogens is 1. The van der Waals surface area contributed by atoms with Crippen LogP contribution in [-0.4, -0.2) is 67.8 Å². The molecule has 1 N–H and O–H groups in total. The lowest BCUT2D eigenvalue weighted by molar-refractivity contribution is -0.870. The Hall–Kier alpha value is -1.96. The molecule has 0 aromatic heterocycles. The number of nitrogens with zero attached hydrogens (tertiary/aromatic N) is 1. The summed E-state index contributed by atoms with van der Waals surface area (Å²) in [7, 11) is 5.59. The molecule has 0 heterocycles. The third-order valence-electron chi connectivity index (χ3n) is 1.66. The van der Waals surface area contributed by atoms with Crippen LogP contribution in [0.4, 0.5) is 0 Å². The van der Waals surface area contributed by atoms with Gasteiger partial charge in [0, 0.05) is 0 Å². The zero-order valence-corrected chi connectivity index (χ0v) is 10.5. The molecule has 18 heavy (non-hydrogen) atoms. The first kappa shape index (κ1) is 16.0. The number of carbonyl (C=O) groups is 4. The lowest BCUT2D eigenvalue weighted by atomic mass is 10.4. The van der Waals surface area contributed by atoms with Crippen LogP contribution in [0.25, 0.3) is 0 Å². The Kier molecular flexibility index (Phi) is 5.97. The number of hydrogen-bond acceptors (Lipinski definition) is 6. The van der Waals surface area contributed by atoms with Crippen LogP contribution >= 0.6 is 0 Å². The average Bonchev–Trinajstić information content (AvgIpc) is 2.13. The third kappa shape index (κ3) is 8.22. The predicted molar refractivity (Wildman–Crippen MR) is 57.2 cm³/mol. The van der Waals surface area contributed by atoms with E-state index in [2.05, 4.69) is 9.47 Å². The SMILES string of the molecule is C[N+](C)(C)CCOC(=O)C(=O)OC(=O)CC(=O)O. The molecule has 0 unspecified atom stereocenters. The summed E-state index contributed by atoms with van der Waals surface area (Å²) < 4.78 is 9.05. The molecule has 0 aromatic rings. The summed E-state index contributed by atoms with van der Waals surface area (Å²) in [6, 6.07) is 0. The summed E-state index contributed by atoms with van der Waals surface area (Å²) in [5.41, 5.74) is 0. The zero-order valence-electron chi connectivity index (χ0n) is 10.5. The largest absolute Gasteiger partial charge is 0.481 e. The van der Waals surface area contributed by atoms with Crippen molar-refractivity contribution in [1.82, 2.24) is 0 Å². The Morgan fingerprint density at radius 3 is 2.06 bits per heavy atom. The molecular weight excluding hydrogens is 246 g/mol. The highest BCUT2D eigenvalue weighted by Crippen LogP contribution is 1.93. The van der Waals surface area contributed by atoms with Crippen LogP contribution in [0, 0.1) is 0 Å². The number of rotatable bonds is 5. The Morgan fingerprint density at radius 1 is 1.06 bits per heavy atom. The van der Waals surface area contributed by atoms with Gasteiger partial charge < -0.3 is 19.1 Å². The van der Waals surface area contributed by atoms with Crippen LogP contribution in [0.2, 0.25) is 0 Å². The van der Waals surface area contributed by atoms with E-state index < -0.39 is 30.3 Å². The highest BCUT2D eigenvalue weighted by molar-refractivity contribution is 6.31. The van der Waals surface area contributed by atoms with Crippen molar-refractivity contribution >= 4 is 23.9 Å². The van der Waals surface area contributed by atoms with Crippen LogP contribution in [0.1, 0.15) is 6.42 Å². The van der Waals surface area contributed by atoms with Gasteiger partial charge in [-0.05, 0) is 0 Å². The molecule has 0 spiro atoms. The van der Waals surface area contributed by atoms with Gasteiger partial charge in [0.2, 0.25) is 0 Å². The van der Waals surface area contributed by atoms with Crippen molar-refractivity contribution in [2.75, 3.05) is 34.3 Å². The summed E-state index contributed by atoms with van der Waals surface area (Å²) in [6.45, 7) is 0.465. The van der Waals surface area contributed by atoms with E-state index in [1.54, 1.807) is 0 Å². The molecule has 8 heteroatoms. The molecule has 102 valence electrons. The molecule has 0 aliphatic carbocycles. The molecule has 0 atom stereocenters. The fourth-order valence-corrected chi connectivity index (χ4v) is 0.776. The van der Waals surface area contributed by atoms with Gasteiger partial charge in [-0.2, -0.15) is 0 Å². The van der Waals surface area contributed by atoms with E-state index in [0.717, 1.165) is 0 Å². The van der Waals surface area contributed by atoms with Crippen molar-refractivity contribution in [2.45, 2.75) is 6.42 Å². The monoisotopic (exact) mass is 262 g/mol. The second-order valence-electron chi connectivity index (χ2n) is 4.48. The van der Waals surface area contributed by atoms with Crippen LogP contribution in [-0.2, 0) is 28.7 Å². The van der Waals surface area contributed by atoms with E-state index in [1.807, 2.05) is 21.1 Å². The number of likely N-dealkylation sites (N-methyl/N-ethyl adjacent to an activating group) is 1. The third-order valence-corrected chi connectivity index (χ3v) is 1.66. The topological polar surface area (TPSA) is 107 Å². The maximum atomic E-state index is 11.0. The van der Waals surface area contributed by atoms with Gasteiger partial charge in [-0.1, -0.05) is 0 Å². The highest BCUT2D eigenvalue weighted by atomic mass is 16.6. The number of ether oxygens (including phenoxy) is 2. The Balaban J connectivity index is 4.01. The standard InChI is InChI=1S/C10H15NO7/c1-11(2,3)4-5-17-9(15)10(16)18-8(14)6-7(12)13/h4-6H2,1-3H3/p+1.